The number of hydrogen-bond donors (Lipinski definition) is 0. The van der Waals surface area contributed by atoms with Crippen LogP contribution in [0.25, 0.3) is 6.08 Å². The van der Waals surface area contributed by atoms with Crippen molar-refractivity contribution in [2.24, 2.45) is 0 Å². The van der Waals surface area contributed by atoms with Crippen molar-refractivity contribution in [3.63, 3.8) is 0 Å². The summed E-state index contributed by atoms with van der Waals surface area (Å²) in [7, 11) is 0. The van der Waals surface area contributed by atoms with Crippen molar-refractivity contribution in [1.29, 1.82) is 0 Å². The van der Waals surface area contributed by atoms with Crippen LogP contribution in [-0.2, 0) is 4.79 Å². The Hall–Kier alpha value is -1.98. The van der Waals surface area contributed by atoms with E-state index in [4.69, 9.17) is 12.2 Å². The molecule has 1 aliphatic heterocycles. The van der Waals surface area contributed by atoms with Gasteiger partial charge in [-0.25, -0.2) is 4.39 Å². The number of carbonyl (C=O) groups excluding carboxylic acids is 1. The summed E-state index contributed by atoms with van der Waals surface area (Å²) >= 11 is 6.65. The van der Waals surface area contributed by atoms with E-state index in [1.54, 1.807) is 23.1 Å². The summed E-state index contributed by atoms with van der Waals surface area (Å²) in [6.07, 6.45) is 1.75. The van der Waals surface area contributed by atoms with Gasteiger partial charge in [-0.15, -0.1) is 0 Å². The number of thiocarbonyl (C=S) groups is 1. The van der Waals surface area contributed by atoms with Gasteiger partial charge in [0.2, 0.25) is 0 Å². The Kier molecular flexibility index (Phi) is 4.59. The third-order valence-electron chi connectivity index (χ3n) is 3.66. The van der Waals surface area contributed by atoms with E-state index in [1.807, 2.05) is 37.3 Å². The first kappa shape index (κ1) is 15.9. The molecule has 1 atom stereocenters. The van der Waals surface area contributed by atoms with Crippen LogP contribution in [0.4, 0.5) is 4.39 Å². The minimum Gasteiger partial charge on any atom is -0.286 e. The summed E-state index contributed by atoms with van der Waals surface area (Å²) in [6.45, 7) is 1.96. The van der Waals surface area contributed by atoms with Gasteiger partial charge in [0.25, 0.3) is 5.91 Å². The molecule has 2 aromatic carbocycles. The fourth-order valence-corrected chi connectivity index (χ4v) is 3.82. The van der Waals surface area contributed by atoms with Crippen LogP contribution in [0.15, 0.2) is 59.5 Å². The molecule has 1 heterocycles. The highest BCUT2D eigenvalue weighted by molar-refractivity contribution is 8.26. The lowest BCUT2D eigenvalue weighted by Gasteiger charge is -2.23. The first-order valence-electron chi connectivity index (χ1n) is 7.14. The van der Waals surface area contributed by atoms with E-state index in [2.05, 4.69) is 0 Å². The molecule has 1 aliphatic rings. The van der Waals surface area contributed by atoms with Crippen molar-refractivity contribution >= 4 is 40.3 Å². The number of nitrogens with zero attached hydrogens (tertiary/aromatic N) is 1. The molecule has 1 amide bonds. The molecule has 0 spiro atoms. The summed E-state index contributed by atoms with van der Waals surface area (Å²) in [5, 5.41) is 0. The van der Waals surface area contributed by atoms with Crippen molar-refractivity contribution < 1.29 is 9.18 Å². The fourth-order valence-electron chi connectivity index (χ4n) is 2.40. The van der Waals surface area contributed by atoms with E-state index in [0.717, 1.165) is 11.1 Å². The molecule has 1 fully saturated rings. The number of rotatable bonds is 3. The van der Waals surface area contributed by atoms with Crippen LogP contribution in [0.2, 0.25) is 0 Å². The molecule has 0 radical (unpaired) electrons. The zero-order valence-corrected chi connectivity index (χ0v) is 14.0. The lowest BCUT2D eigenvalue weighted by Crippen LogP contribution is -2.30. The molecule has 23 heavy (non-hydrogen) atoms. The maximum atomic E-state index is 13.0. The topological polar surface area (TPSA) is 20.3 Å². The molecule has 116 valence electrons. The molecule has 0 aliphatic carbocycles. The van der Waals surface area contributed by atoms with E-state index in [-0.39, 0.29) is 17.8 Å². The van der Waals surface area contributed by atoms with Crippen LogP contribution >= 0.6 is 24.0 Å². The minimum absolute atomic E-state index is 0.110. The summed E-state index contributed by atoms with van der Waals surface area (Å²) in [5.41, 5.74) is 1.81. The molecular formula is C18H14FNOS2. The predicted octanol–water partition coefficient (Wildman–Crippen LogP) is 4.79. The molecular weight excluding hydrogens is 329 g/mol. The number of amides is 1. The van der Waals surface area contributed by atoms with Crippen LogP contribution in [-0.4, -0.2) is 15.1 Å². The van der Waals surface area contributed by atoms with Gasteiger partial charge in [-0.3, -0.25) is 9.69 Å². The van der Waals surface area contributed by atoms with E-state index in [1.165, 1.54) is 23.9 Å². The highest BCUT2D eigenvalue weighted by Gasteiger charge is 2.35. The first-order valence-corrected chi connectivity index (χ1v) is 8.36. The van der Waals surface area contributed by atoms with Gasteiger partial charge in [-0.2, -0.15) is 0 Å². The summed E-state index contributed by atoms with van der Waals surface area (Å²) < 4.78 is 13.5. The van der Waals surface area contributed by atoms with Gasteiger partial charge in [0.1, 0.15) is 10.1 Å². The number of halogens is 1. The Labute approximate surface area is 144 Å². The summed E-state index contributed by atoms with van der Waals surface area (Å²) in [5.74, 6) is -0.409. The molecule has 5 heteroatoms. The fraction of sp³-hybridized carbons (Fsp3) is 0.111. The number of carbonyl (C=O) groups is 1. The monoisotopic (exact) mass is 343 g/mol. The van der Waals surface area contributed by atoms with Crippen LogP contribution in [0, 0.1) is 5.82 Å². The van der Waals surface area contributed by atoms with Crippen molar-refractivity contribution in [2.45, 2.75) is 13.0 Å². The van der Waals surface area contributed by atoms with Crippen LogP contribution in [0.1, 0.15) is 24.1 Å². The van der Waals surface area contributed by atoms with Crippen molar-refractivity contribution in [1.82, 2.24) is 4.90 Å². The van der Waals surface area contributed by atoms with Crippen molar-refractivity contribution in [3.05, 3.63) is 76.4 Å². The number of benzene rings is 2. The van der Waals surface area contributed by atoms with Crippen LogP contribution in [0.3, 0.4) is 0 Å². The number of thioether (sulfide) groups is 1. The lowest BCUT2D eigenvalue weighted by atomic mass is 10.1. The molecule has 0 saturated carbocycles. The minimum atomic E-state index is -0.299. The molecule has 2 aromatic rings. The quantitative estimate of drug-likeness (QED) is 0.590. The smallest absolute Gasteiger partial charge is 0.266 e. The Morgan fingerprint density at radius 3 is 2.43 bits per heavy atom. The van der Waals surface area contributed by atoms with Gasteiger partial charge in [0.15, 0.2) is 0 Å². The van der Waals surface area contributed by atoms with Gasteiger partial charge in [0, 0.05) is 0 Å². The maximum Gasteiger partial charge on any atom is 0.266 e. The largest absolute Gasteiger partial charge is 0.286 e. The second-order valence-electron chi connectivity index (χ2n) is 5.19. The van der Waals surface area contributed by atoms with Gasteiger partial charge in [0.05, 0.1) is 10.9 Å². The van der Waals surface area contributed by atoms with Crippen molar-refractivity contribution in [3.8, 4) is 0 Å². The SMILES string of the molecule is C[C@@H](c1ccccc1)N1C(=O)/C(=C\c2ccc(F)cc2)SC1=S. The lowest BCUT2D eigenvalue weighted by molar-refractivity contribution is -0.123. The zero-order valence-electron chi connectivity index (χ0n) is 12.4. The van der Waals surface area contributed by atoms with Gasteiger partial charge in [-0.1, -0.05) is 66.4 Å². The van der Waals surface area contributed by atoms with Gasteiger partial charge >= 0.3 is 0 Å². The van der Waals surface area contributed by atoms with E-state index in [9.17, 15) is 9.18 Å². The molecule has 0 bridgehead atoms. The molecule has 0 aromatic heterocycles. The standard InChI is InChI=1S/C18H14FNOS2/c1-12(14-5-3-2-4-6-14)20-17(21)16(23-18(20)22)11-13-7-9-15(19)10-8-13/h2-12H,1H3/b16-11+/t12-/m0/s1. The van der Waals surface area contributed by atoms with Crippen LogP contribution in [0.5, 0.6) is 0 Å². The third-order valence-corrected chi connectivity index (χ3v) is 4.99. The van der Waals surface area contributed by atoms with Gasteiger partial charge < -0.3 is 0 Å². The third kappa shape index (κ3) is 3.35. The maximum absolute atomic E-state index is 13.0. The molecule has 0 N–H and O–H groups in total. The highest BCUT2D eigenvalue weighted by atomic mass is 32.2. The normalized spacial score (nSPS) is 17.8. The number of hydrogen-bond acceptors (Lipinski definition) is 3. The first-order chi connectivity index (χ1) is 11.1. The Morgan fingerprint density at radius 1 is 1.13 bits per heavy atom. The molecule has 3 rings (SSSR count). The van der Waals surface area contributed by atoms with Crippen molar-refractivity contribution in [2.75, 3.05) is 0 Å². The van der Waals surface area contributed by atoms with E-state index >= 15 is 0 Å². The molecule has 2 nitrogen and oxygen atoms in total. The predicted molar refractivity (Wildman–Crippen MR) is 96.3 cm³/mol. The molecule has 1 saturated heterocycles. The molecule has 0 unspecified atom stereocenters. The van der Waals surface area contributed by atoms with E-state index < -0.39 is 0 Å². The second kappa shape index (κ2) is 6.64. The Bertz CT molecular complexity index is 771. The second-order valence-corrected chi connectivity index (χ2v) is 6.87. The average Bonchev–Trinajstić information content (AvgIpc) is 2.84. The Balaban J connectivity index is 1.86. The van der Waals surface area contributed by atoms with Crippen LogP contribution < -0.4 is 0 Å². The zero-order chi connectivity index (χ0) is 16.4. The highest BCUT2D eigenvalue weighted by Crippen LogP contribution is 2.37. The Morgan fingerprint density at radius 2 is 1.78 bits per heavy atom. The summed E-state index contributed by atoms with van der Waals surface area (Å²) in [6, 6.07) is 15.7. The summed E-state index contributed by atoms with van der Waals surface area (Å²) in [4.78, 5) is 14.9. The van der Waals surface area contributed by atoms with Gasteiger partial charge in [-0.05, 0) is 36.3 Å². The average molecular weight is 343 g/mol. The van der Waals surface area contributed by atoms with E-state index in [0.29, 0.717) is 9.23 Å².